The van der Waals surface area contributed by atoms with Crippen LogP contribution in [0.2, 0.25) is 40.2 Å². The number of nitrogens with zero attached hydrogens (tertiary/aromatic N) is 4. The highest BCUT2D eigenvalue weighted by Crippen LogP contribution is 2.32. The fourth-order valence-electron chi connectivity index (χ4n) is 11.8. The summed E-state index contributed by atoms with van der Waals surface area (Å²) < 4.78 is 8.99. The summed E-state index contributed by atoms with van der Waals surface area (Å²) in [7, 11) is 2.44. The van der Waals surface area contributed by atoms with Crippen molar-refractivity contribution in [2.24, 2.45) is 17.8 Å². The van der Waals surface area contributed by atoms with Crippen LogP contribution in [0.5, 0.6) is 0 Å². The summed E-state index contributed by atoms with van der Waals surface area (Å²) in [5.74, 6) is -2.85. The van der Waals surface area contributed by atoms with E-state index in [-0.39, 0.29) is 47.2 Å². The number of hydrogen-bond donors (Lipinski definition) is 2. The molecule has 0 aromatic heterocycles. The Morgan fingerprint density at radius 1 is 0.427 bits per heavy atom. The molecule has 2 N–H and O–H groups in total. The predicted molar refractivity (Wildman–Crippen MR) is 381 cm³/mol. The van der Waals surface area contributed by atoms with Gasteiger partial charge in [0.15, 0.2) is 6.10 Å². The Morgan fingerprint density at radius 3 is 1.12 bits per heavy atom. The number of carbonyl (C=O) groups is 8. The lowest BCUT2D eigenvalue weighted by atomic mass is 9.88. The van der Waals surface area contributed by atoms with Crippen LogP contribution >= 0.6 is 92.8 Å². The molecule has 5 fully saturated rings. The van der Waals surface area contributed by atoms with Crippen molar-refractivity contribution < 1.29 is 52.9 Å². The summed E-state index contributed by atoms with van der Waals surface area (Å²) in [5.41, 5.74) is 4.99. The van der Waals surface area contributed by atoms with Crippen molar-refractivity contribution in [2.75, 3.05) is 79.7 Å². The molecule has 0 saturated carbocycles. The highest BCUT2D eigenvalue weighted by Gasteiger charge is 2.36. The summed E-state index contributed by atoms with van der Waals surface area (Å²) in [4.78, 5) is 104. The number of methoxy groups -OCH3 is 2. The first-order valence-electron chi connectivity index (χ1n) is 31.7. The number of ether oxygens (including phenoxy) is 2. The van der Waals surface area contributed by atoms with Gasteiger partial charge < -0.3 is 39.5 Å². The third kappa shape index (κ3) is 23.5. The van der Waals surface area contributed by atoms with Crippen molar-refractivity contribution in [1.29, 1.82) is 0 Å². The van der Waals surface area contributed by atoms with Crippen LogP contribution < -0.4 is 5.32 Å². The lowest BCUT2D eigenvalue weighted by molar-refractivity contribution is -0.154. The molecule has 1 atom stereocenters. The number of hydrogen-bond acceptors (Lipinski definition) is 12. The van der Waals surface area contributed by atoms with E-state index in [1.807, 2.05) is 36.4 Å². The lowest BCUT2D eigenvalue weighted by Crippen LogP contribution is -2.46. The maximum Gasteiger partial charge on any atom is 0.374 e. The van der Waals surface area contributed by atoms with Gasteiger partial charge in [-0.05, 0) is 202 Å². The first kappa shape index (κ1) is 77.1. The number of Topliss-reactive ketones (excluding diaryl/α,β-unsaturated/α-hetero) is 2. The second-order valence-corrected chi connectivity index (χ2v) is 27.1. The van der Waals surface area contributed by atoms with Crippen LogP contribution in [0.25, 0.3) is 18.2 Å². The Labute approximate surface area is 600 Å². The minimum Gasteiger partial charge on any atom is -0.467 e. The first-order valence-corrected chi connectivity index (χ1v) is 34.7. The van der Waals surface area contributed by atoms with Gasteiger partial charge >= 0.3 is 11.9 Å². The fraction of sp³-hybridized carbons (Fsp3) is 0.389. The lowest BCUT2D eigenvalue weighted by Gasteiger charge is -2.34. The van der Waals surface area contributed by atoms with E-state index in [1.165, 1.54) is 56.4 Å². The average Bonchev–Trinajstić information content (AvgIpc) is 0.967. The molecule has 512 valence electrons. The van der Waals surface area contributed by atoms with Crippen molar-refractivity contribution in [2.45, 2.75) is 82.1 Å². The molecule has 1 unspecified atom stereocenters. The molecule has 5 saturated heterocycles. The smallest absolute Gasteiger partial charge is 0.374 e. The van der Waals surface area contributed by atoms with Crippen LogP contribution in [0.3, 0.4) is 0 Å². The zero-order valence-electron chi connectivity index (χ0n) is 53.2. The van der Waals surface area contributed by atoms with Gasteiger partial charge in [-0.2, -0.15) is 0 Å². The molecule has 16 nitrogen and oxygen atoms in total. The van der Waals surface area contributed by atoms with E-state index in [0.29, 0.717) is 132 Å². The number of benzene rings is 5. The van der Waals surface area contributed by atoms with Crippen molar-refractivity contribution in [3.05, 3.63) is 189 Å². The van der Waals surface area contributed by atoms with Crippen LogP contribution in [0.4, 0.5) is 0 Å². The number of carbonyl (C=O) groups excluding carboxylic acids is 8. The van der Waals surface area contributed by atoms with E-state index in [1.54, 1.807) is 92.4 Å². The zero-order chi connectivity index (χ0) is 69.4. The molecule has 10 rings (SSSR count). The van der Waals surface area contributed by atoms with Gasteiger partial charge in [-0.3, -0.25) is 28.8 Å². The van der Waals surface area contributed by atoms with Gasteiger partial charge in [0.1, 0.15) is 0 Å². The van der Waals surface area contributed by atoms with Crippen molar-refractivity contribution in [3.8, 4) is 0 Å². The van der Waals surface area contributed by atoms with E-state index < -0.39 is 23.8 Å². The van der Waals surface area contributed by atoms with Crippen LogP contribution in [-0.2, 0) is 47.8 Å². The third-order valence-electron chi connectivity index (χ3n) is 17.6. The maximum atomic E-state index is 12.9. The first-order chi connectivity index (χ1) is 46.0. The molecule has 5 aromatic carbocycles. The summed E-state index contributed by atoms with van der Waals surface area (Å²) in [6.45, 7) is 6.19. The second kappa shape index (κ2) is 38.8. The van der Waals surface area contributed by atoms with E-state index in [0.717, 1.165) is 53.6 Å². The van der Waals surface area contributed by atoms with Gasteiger partial charge in [0.25, 0.3) is 5.91 Å². The molecular formula is C72H77Cl8N5O11. The van der Waals surface area contributed by atoms with Gasteiger partial charge in [-0.1, -0.05) is 135 Å². The Balaban J connectivity index is 0.000000189. The number of esters is 2. The molecule has 5 aromatic rings. The highest BCUT2D eigenvalue weighted by molar-refractivity contribution is 6.43. The number of piperidine rings is 5. The van der Waals surface area contributed by atoms with Gasteiger partial charge in [0, 0.05) is 92.5 Å². The number of aliphatic hydroxyl groups excluding tert-OH is 1. The molecule has 0 spiro atoms. The van der Waals surface area contributed by atoms with Gasteiger partial charge in [-0.25, -0.2) is 9.59 Å². The number of halogens is 8. The monoisotopic (exact) mass is 1470 g/mol. The van der Waals surface area contributed by atoms with Crippen molar-refractivity contribution >= 4 is 158 Å². The van der Waals surface area contributed by atoms with E-state index in [4.69, 9.17) is 92.8 Å². The standard InChI is InChI=1S/C27H27Cl3N2O3.C17H19Cl2NO4.C17H17Cl2NO4.C11H14ClN/c28-22-5-3-19(4-6-22)20-9-15-32(16-10-20)27(35)26(34)21-11-13-31(14-12-21)25(33)8-2-18-1-7-23(29)24(30)17-18;2*1-24-17(23)16(22)12-6-8-20(9-7-12)15(21)5-3-11-2-4-13(18)14(19)10-11;12-11-3-1-9(2-4-11)10-5-7-13-8-6-10/h1-8,17,20-21H,9-16H2;2-5,10,12,16,22H,6-9H2,1H3;2-5,10,12H,6-9H2,1H3;1-4,10,13H,5-8H2/b8-2+;2*5-3+;. The minimum atomic E-state index is -1.13. The quantitative estimate of drug-likeness (QED) is 0.0606. The van der Waals surface area contributed by atoms with E-state index >= 15 is 0 Å². The number of amides is 4. The predicted octanol–water partition coefficient (Wildman–Crippen LogP) is 14.4. The van der Waals surface area contributed by atoms with Crippen LogP contribution in [0, 0.1) is 17.8 Å². The summed E-state index contributed by atoms with van der Waals surface area (Å²) >= 11 is 47.3. The van der Waals surface area contributed by atoms with Gasteiger partial charge in [0.05, 0.1) is 44.4 Å². The topological polar surface area (TPSA) is 200 Å². The molecule has 4 amide bonds. The Hall–Kier alpha value is -6.28. The van der Waals surface area contributed by atoms with Crippen LogP contribution in [0.1, 0.15) is 104 Å². The molecular weight excluding hydrogens is 1390 g/mol. The van der Waals surface area contributed by atoms with Gasteiger partial charge in [0.2, 0.25) is 29.3 Å². The molecule has 5 aliphatic heterocycles. The zero-order valence-corrected chi connectivity index (χ0v) is 59.3. The number of rotatable bonds is 14. The number of ketones is 2. The largest absolute Gasteiger partial charge is 0.467 e. The van der Waals surface area contributed by atoms with Crippen molar-refractivity contribution in [3.63, 3.8) is 0 Å². The van der Waals surface area contributed by atoms with E-state index in [2.05, 4.69) is 26.9 Å². The summed E-state index contributed by atoms with van der Waals surface area (Å²) in [6.07, 6.45) is 15.5. The Kier molecular flexibility index (Phi) is 31.1. The van der Waals surface area contributed by atoms with Crippen LogP contribution in [-0.4, -0.2) is 158 Å². The second-order valence-electron chi connectivity index (χ2n) is 23.8. The molecule has 0 aliphatic carbocycles. The third-order valence-corrected chi connectivity index (χ3v) is 20.3. The van der Waals surface area contributed by atoms with E-state index in [9.17, 15) is 43.5 Å². The maximum absolute atomic E-state index is 12.9. The average molecular weight is 1470 g/mol. The number of aliphatic hydroxyl groups is 1. The van der Waals surface area contributed by atoms with Crippen molar-refractivity contribution in [1.82, 2.24) is 24.9 Å². The Bertz CT molecular complexity index is 3590. The molecule has 5 heterocycles. The van der Waals surface area contributed by atoms with Crippen LogP contribution in [0.15, 0.2) is 121 Å². The molecule has 0 radical (unpaired) electrons. The highest BCUT2D eigenvalue weighted by atomic mass is 35.5. The Morgan fingerprint density at radius 2 is 0.771 bits per heavy atom. The summed E-state index contributed by atoms with van der Waals surface area (Å²) in [5, 5.41) is 17.4. The molecule has 96 heavy (non-hydrogen) atoms. The normalized spacial score (nSPS) is 17.2. The summed E-state index contributed by atoms with van der Waals surface area (Å²) in [6, 6.07) is 31.5. The number of likely N-dealkylation sites (tertiary alicyclic amines) is 4. The molecule has 24 heteroatoms. The molecule has 0 bridgehead atoms. The SMILES string of the molecule is COC(=O)C(=O)C1CCN(C(=O)/C=C/c2ccc(Cl)c(Cl)c2)CC1.COC(=O)C(O)C1CCN(C(=O)/C=C/c2ccc(Cl)c(Cl)c2)CC1.Clc1ccc(C2CCNCC2)cc1.O=C(C(=O)N1CCC(c2ccc(Cl)cc2)CC1)C1CCN(C(=O)/C=C/c2ccc(Cl)c(Cl)c2)CC1. The minimum absolute atomic E-state index is 0.118. The fourth-order valence-corrected chi connectivity index (χ4v) is 13.0. The van der Waals surface area contributed by atoms with Gasteiger partial charge in [-0.15, -0.1) is 0 Å². The number of nitrogens with one attached hydrogen (secondary N) is 1. The molecule has 5 aliphatic rings.